The molecule has 0 aliphatic carbocycles. The molecule has 0 bridgehead atoms. The van der Waals surface area contributed by atoms with Crippen LogP contribution in [0.25, 0.3) is 0 Å². The van der Waals surface area contributed by atoms with E-state index in [0.29, 0.717) is 25.9 Å². The van der Waals surface area contributed by atoms with Crippen molar-refractivity contribution >= 4 is 17.8 Å². The summed E-state index contributed by atoms with van der Waals surface area (Å²) >= 11 is 0. The van der Waals surface area contributed by atoms with E-state index in [4.69, 9.17) is 5.11 Å². The fourth-order valence-electron chi connectivity index (χ4n) is 3.09. The highest BCUT2D eigenvalue weighted by atomic mass is 16.4. The van der Waals surface area contributed by atoms with Gasteiger partial charge in [0.05, 0.1) is 5.92 Å². The predicted molar refractivity (Wildman–Crippen MR) is 71.9 cm³/mol. The molecule has 0 aromatic carbocycles. The van der Waals surface area contributed by atoms with E-state index in [1.54, 1.807) is 9.80 Å². The number of aliphatic carboxylic acids is 1. The summed E-state index contributed by atoms with van der Waals surface area (Å²) in [5, 5.41) is 9.01. The number of likely N-dealkylation sites (tertiary alicyclic amines) is 2. The van der Waals surface area contributed by atoms with Gasteiger partial charge < -0.3 is 14.9 Å². The molecule has 2 aliphatic rings. The summed E-state index contributed by atoms with van der Waals surface area (Å²) in [5.41, 5.74) is 0. The zero-order valence-corrected chi connectivity index (χ0v) is 12.0. The Balaban J connectivity index is 2.08. The Morgan fingerprint density at radius 3 is 2.45 bits per heavy atom. The Bertz CT molecular complexity index is 421. The van der Waals surface area contributed by atoms with Gasteiger partial charge in [-0.15, -0.1) is 0 Å². The number of hydrogen-bond acceptors (Lipinski definition) is 3. The van der Waals surface area contributed by atoms with Gasteiger partial charge >= 0.3 is 5.97 Å². The third-order valence-corrected chi connectivity index (χ3v) is 4.18. The molecule has 2 aliphatic heterocycles. The van der Waals surface area contributed by atoms with Crippen molar-refractivity contribution in [2.75, 3.05) is 19.6 Å². The summed E-state index contributed by atoms with van der Waals surface area (Å²) in [7, 11) is 0. The highest BCUT2D eigenvalue weighted by molar-refractivity contribution is 5.89. The monoisotopic (exact) mass is 282 g/mol. The van der Waals surface area contributed by atoms with Gasteiger partial charge in [0.15, 0.2) is 0 Å². The van der Waals surface area contributed by atoms with Crippen LogP contribution in [0.1, 0.15) is 33.1 Å². The molecule has 6 nitrogen and oxygen atoms in total. The van der Waals surface area contributed by atoms with Gasteiger partial charge in [-0.25, -0.2) is 0 Å². The highest BCUT2D eigenvalue weighted by Gasteiger charge is 2.40. The molecule has 2 saturated heterocycles. The van der Waals surface area contributed by atoms with Crippen LogP contribution in [0.4, 0.5) is 0 Å². The number of amides is 2. The van der Waals surface area contributed by atoms with Gasteiger partial charge in [-0.2, -0.15) is 0 Å². The summed E-state index contributed by atoms with van der Waals surface area (Å²) < 4.78 is 0. The van der Waals surface area contributed by atoms with Gasteiger partial charge in [-0.05, 0) is 18.8 Å². The maximum Gasteiger partial charge on any atom is 0.308 e. The highest BCUT2D eigenvalue weighted by Crippen LogP contribution is 2.24. The number of carboxylic acid groups (broad SMARTS) is 1. The fraction of sp³-hybridized carbons (Fsp3) is 0.786. The molecule has 0 saturated carbocycles. The number of rotatable bonds is 4. The van der Waals surface area contributed by atoms with Crippen LogP contribution in [-0.2, 0) is 14.4 Å². The van der Waals surface area contributed by atoms with Crippen LogP contribution in [-0.4, -0.2) is 58.4 Å². The predicted octanol–water partition coefficient (Wildman–Crippen LogP) is 0.566. The smallest absolute Gasteiger partial charge is 0.308 e. The average Bonchev–Trinajstić information content (AvgIpc) is 2.98. The van der Waals surface area contributed by atoms with Gasteiger partial charge in [0.1, 0.15) is 6.04 Å². The maximum absolute atomic E-state index is 12.6. The van der Waals surface area contributed by atoms with Crippen molar-refractivity contribution in [3.63, 3.8) is 0 Å². The van der Waals surface area contributed by atoms with Crippen LogP contribution in [0.15, 0.2) is 0 Å². The molecule has 2 fully saturated rings. The summed E-state index contributed by atoms with van der Waals surface area (Å²) in [5.74, 6) is -1.35. The van der Waals surface area contributed by atoms with Crippen LogP contribution in [0.5, 0.6) is 0 Å². The van der Waals surface area contributed by atoms with Gasteiger partial charge in [0, 0.05) is 26.1 Å². The molecule has 2 amide bonds. The summed E-state index contributed by atoms with van der Waals surface area (Å²) in [4.78, 5) is 38.8. The standard InChI is InChI=1S/C14H22N2O4/c1-9(2)12(16-6-3-4-11(16)17)13(18)15-7-5-10(8-15)14(19)20/h9-10,12H,3-8H2,1-2H3,(H,19,20)/t10-,12-/m1/s1. The Morgan fingerprint density at radius 2 is 2.00 bits per heavy atom. The van der Waals surface area contributed by atoms with Crippen LogP contribution < -0.4 is 0 Å². The molecule has 0 aromatic heterocycles. The molecule has 112 valence electrons. The van der Waals surface area contributed by atoms with Crippen molar-refractivity contribution < 1.29 is 19.5 Å². The van der Waals surface area contributed by atoms with E-state index < -0.39 is 17.9 Å². The van der Waals surface area contributed by atoms with Crippen LogP contribution >= 0.6 is 0 Å². The number of hydrogen-bond donors (Lipinski definition) is 1. The lowest BCUT2D eigenvalue weighted by atomic mass is 10.0. The largest absolute Gasteiger partial charge is 0.481 e. The topological polar surface area (TPSA) is 77.9 Å². The first-order chi connectivity index (χ1) is 9.41. The first-order valence-corrected chi connectivity index (χ1v) is 7.23. The zero-order chi connectivity index (χ0) is 14.9. The molecule has 20 heavy (non-hydrogen) atoms. The van der Waals surface area contributed by atoms with Gasteiger partial charge in [-0.1, -0.05) is 13.8 Å². The van der Waals surface area contributed by atoms with Crippen molar-refractivity contribution in [3.05, 3.63) is 0 Å². The van der Waals surface area contributed by atoms with E-state index in [2.05, 4.69) is 0 Å². The van der Waals surface area contributed by atoms with E-state index in [9.17, 15) is 14.4 Å². The number of nitrogens with zero attached hydrogens (tertiary/aromatic N) is 2. The molecule has 2 atom stereocenters. The number of carboxylic acids is 1. The average molecular weight is 282 g/mol. The first kappa shape index (κ1) is 14.8. The lowest BCUT2D eigenvalue weighted by Crippen LogP contribution is -2.51. The van der Waals surface area contributed by atoms with E-state index in [0.717, 1.165) is 6.42 Å². The molecular weight excluding hydrogens is 260 g/mol. The van der Waals surface area contributed by atoms with E-state index in [-0.39, 0.29) is 24.3 Å². The maximum atomic E-state index is 12.6. The first-order valence-electron chi connectivity index (χ1n) is 7.23. The van der Waals surface area contributed by atoms with Crippen molar-refractivity contribution in [1.29, 1.82) is 0 Å². The third kappa shape index (κ3) is 2.78. The molecule has 1 N–H and O–H groups in total. The Morgan fingerprint density at radius 1 is 1.30 bits per heavy atom. The fourth-order valence-corrected chi connectivity index (χ4v) is 3.09. The number of carbonyl (C=O) groups is 3. The Kier molecular flexibility index (Phi) is 4.30. The molecular formula is C14H22N2O4. The van der Waals surface area contributed by atoms with Gasteiger partial charge in [-0.3, -0.25) is 14.4 Å². The second kappa shape index (κ2) is 5.81. The van der Waals surface area contributed by atoms with E-state index >= 15 is 0 Å². The Labute approximate surface area is 118 Å². The lowest BCUT2D eigenvalue weighted by Gasteiger charge is -2.33. The zero-order valence-electron chi connectivity index (χ0n) is 12.0. The molecule has 0 aromatic rings. The Hall–Kier alpha value is -1.59. The molecule has 2 heterocycles. The molecule has 2 rings (SSSR count). The summed E-state index contributed by atoms with van der Waals surface area (Å²) in [6.07, 6.45) is 1.81. The van der Waals surface area contributed by atoms with Crippen LogP contribution in [0.2, 0.25) is 0 Å². The summed E-state index contributed by atoms with van der Waals surface area (Å²) in [6, 6.07) is -0.447. The minimum atomic E-state index is -0.848. The molecule has 0 unspecified atom stereocenters. The van der Waals surface area contributed by atoms with Gasteiger partial charge in [0.25, 0.3) is 0 Å². The quantitative estimate of drug-likeness (QED) is 0.817. The molecule has 0 spiro atoms. The normalized spacial score (nSPS) is 24.6. The van der Waals surface area contributed by atoms with Crippen molar-refractivity contribution in [2.24, 2.45) is 11.8 Å². The minimum Gasteiger partial charge on any atom is -0.481 e. The lowest BCUT2D eigenvalue weighted by molar-refractivity contribution is -0.145. The van der Waals surface area contributed by atoms with Crippen LogP contribution in [0.3, 0.4) is 0 Å². The van der Waals surface area contributed by atoms with Crippen LogP contribution in [0, 0.1) is 11.8 Å². The van der Waals surface area contributed by atoms with E-state index in [1.165, 1.54) is 0 Å². The number of carbonyl (C=O) groups excluding carboxylic acids is 2. The van der Waals surface area contributed by atoms with Gasteiger partial charge in [0.2, 0.25) is 11.8 Å². The molecule has 6 heteroatoms. The third-order valence-electron chi connectivity index (χ3n) is 4.18. The van der Waals surface area contributed by atoms with Crippen molar-refractivity contribution in [2.45, 2.75) is 39.2 Å². The second-order valence-electron chi connectivity index (χ2n) is 5.99. The van der Waals surface area contributed by atoms with Crippen molar-refractivity contribution in [1.82, 2.24) is 9.80 Å². The minimum absolute atomic E-state index is 0.0334. The summed E-state index contributed by atoms with van der Waals surface area (Å²) in [6.45, 7) is 5.22. The molecule has 0 radical (unpaired) electrons. The second-order valence-corrected chi connectivity index (χ2v) is 5.99. The SMILES string of the molecule is CC(C)[C@H](C(=O)N1CC[C@@H](C(=O)O)C1)N1CCCC1=O. The van der Waals surface area contributed by atoms with E-state index in [1.807, 2.05) is 13.8 Å². The van der Waals surface area contributed by atoms with Crippen molar-refractivity contribution in [3.8, 4) is 0 Å².